The van der Waals surface area contributed by atoms with Gasteiger partial charge in [0.05, 0.1) is 29.1 Å². The third-order valence-electron chi connectivity index (χ3n) is 5.32. The molecule has 0 N–H and O–H groups in total. The minimum atomic E-state index is -0.280. The van der Waals surface area contributed by atoms with Gasteiger partial charge in [-0.2, -0.15) is 5.10 Å². The number of fused-ring (bicyclic) bond motifs is 1. The monoisotopic (exact) mass is 441 g/mol. The molecule has 0 saturated carbocycles. The molecule has 0 aliphatic heterocycles. The van der Waals surface area contributed by atoms with Crippen molar-refractivity contribution in [1.29, 1.82) is 0 Å². The number of hydrogen-bond acceptors (Lipinski definition) is 5. The topological polar surface area (TPSA) is 74.8 Å². The van der Waals surface area contributed by atoms with Crippen LogP contribution in [-0.4, -0.2) is 24.3 Å². The first-order chi connectivity index (χ1) is 16.0. The third-order valence-corrected chi connectivity index (χ3v) is 5.32. The number of nitrogens with zero attached hydrogens (tertiary/aromatic N) is 5. The Labute approximate surface area is 188 Å². The van der Waals surface area contributed by atoms with E-state index in [2.05, 4.69) is 15.1 Å². The van der Waals surface area contributed by atoms with Gasteiger partial charge < -0.3 is 4.74 Å². The minimum absolute atomic E-state index is 0.154. The van der Waals surface area contributed by atoms with E-state index < -0.39 is 0 Å². The highest BCUT2D eigenvalue weighted by Gasteiger charge is 2.09. The highest BCUT2D eigenvalue weighted by atomic mass is 19.1. The molecule has 3 aromatic heterocycles. The largest absolute Gasteiger partial charge is 0.457 e. The Bertz CT molecular complexity index is 1490. The second kappa shape index (κ2) is 8.66. The highest BCUT2D eigenvalue weighted by molar-refractivity contribution is 5.79. The van der Waals surface area contributed by atoms with Crippen LogP contribution in [0.15, 0.2) is 84.3 Å². The predicted octanol–water partition coefficient (Wildman–Crippen LogP) is 4.37. The molecule has 0 radical (unpaired) electrons. The van der Waals surface area contributed by atoms with Crippen LogP contribution < -0.4 is 10.3 Å². The summed E-state index contributed by atoms with van der Waals surface area (Å²) in [5, 5.41) is 4.64. The number of aryl methyl sites for hydroxylation is 3. The van der Waals surface area contributed by atoms with Crippen LogP contribution in [0.3, 0.4) is 0 Å². The van der Waals surface area contributed by atoms with E-state index in [1.165, 1.54) is 18.5 Å². The number of aromatic nitrogens is 5. The molecule has 0 saturated heterocycles. The van der Waals surface area contributed by atoms with Gasteiger partial charge in [-0.1, -0.05) is 12.1 Å². The van der Waals surface area contributed by atoms with Gasteiger partial charge in [-0.05, 0) is 48.4 Å². The normalized spacial score (nSPS) is 11.1. The molecular weight excluding hydrogens is 421 g/mol. The first-order valence-electron chi connectivity index (χ1n) is 10.4. The van der Waals surface area contributed by atoms with E-state index in [-0.39, 0.29) is 11.4 Å². The van der Waals surface area contributed by atoms with Crippen LogP contribution in [0.5, 0.6) is 11.5 Å². The van der Waals surface area contributed by atoms with Gasteiger partial charge in [0, 0.05) is 37.6 Å². The molecule has 0 bridgehead atoms. The van der Waals surface area contributed by atoms with Crippen LogP contribution in [-0.2, 0) is 20.0 Å². The quantitative estimate of drug-likeness (QED) is 0.391. The summed E-state index contributed by atoms with van der Waals surface area (Å²) < 4.78 is 22.4. The summed E-state index contributed by atoms with van der Waals surface area (Å²) in [7, 11) is 1.85. The minimum Gasteiger partial charge on any atom is -0.457 e. The molecule has 164 valence electrons. The maximum absolute atomic E-state index is 13.1. The fraction of sp³-hybridized carbons (Fsp3) is 0.120. The van der Waals surface area contributed by atoms with E-state index in [1.54, 1.807) is 58.0 Å². The Balaban J connectivity index is 1.39. The lowest BCUT2D eigenvalue weighted by atomic mass is 10.1. The Morgan fingerprint density at radius 1 is 1.00 bits per heavy atom. The van der Waals surface area contributed by atoms with Gasteiger partial charge in [0.1, 0.15) is 17.3 Å². The molecule has 33 heavy (non-hydrogen) atoms. The number of halogens is 1. The molecule has 0 amide bonds. The Hall–Kier alpha value is -4.33. The van der Waals surface area contributed by atoms with Gasteiger partial charge in [0.2, 0.25) is 0 Å². The number of pyridine rings is 1. The zero-order chi connectivity index (χ0) is 22.8. The summed E-state index contributed by atoms with van der Waals surface area (Å²) in [4.78, 5) is 21.8. The van der Waals surface area contributed by atoms with Crippen molar-refractivity contribution in [2.45, 2.75) is 13.0 Å². The van der Waals surface area contributed by atoms with Crippen molar-refractivity contribution in [2.24, 2.45) is 7.05 Å². The molecule has 8 heteroatoms. The molecule has 2 aromatic carbocycles. The lowest BCUT2D eigenvalue weighted by Crippen LogP contribution is -2.21. The average molecular weight is 441 g/mol. The number of hydrogen-bond donors (Lipinski definition) is 0. The molecule has 0 fully saturated rings. The molecule has 0 aliphatic rings. The smallest absolute Gasteiger partial charge is 0.261 e. The van der Waals surface area contributed by atoms with Crippen molar-refractivity contribution in [3.8, 4) is 22.8 Å². The van der Waals surface area contributed by atoms with Gasteiger partial charge in [-0.25, -0.2) is 9.37 Å². The van der Waals surface area contributed by atoms with Crippen molar-refractivity contribution in [3.63, 3.8) is 0 Å². The van der Waals surface area contributed by atoms with Crippen molar-refractivity contribution < 1.29 is 9.13 Å². The standard InChI is InChI=1S/C25H20FN5O2/c1-30-15-18(14-29-30)24-13-21(8-10-27-24)33-20-6-7-23-22(12-20)25(32)31(16-28-23)11-9-17-2-4-19(26)5-3-17/h2-8,10,12-16H,9,11H2,1H3. The van der Waals surface area contributed by atoms with Crippen molar-refractivity contribution >= 4 is 10.9 Å². The van der Waals surface area contributed by atoms with E-state index in [0.717, 1.165) is 16.8 Å². The highest BCUT2D eigenvalue weighted by Crippen LogP contribution is 2.26. The molecule has 7 nitrogen and oxygen atoms in total. The summed E-state index contributed by atoms with van der Waals surface area (Å²) in [6, 6.07) is 15.1. The van der Waals surface area contributed by atoms with E-state index in [1.807, 2.05) is 19.3 Å². The van der Waals surface area contributed by atoms with Crippen LogP contribution in [0.25, 0.3) is 22.2 Å². The number of rotatable bonds is 6. The van der Waals surface area contributed by atoms with Crippen LogP contribution in [0.2, 0.25) is 0 Å². The van der Waals surface area contributed by atoms with E-state index in [9.17, 15) is 9.18 Å². The van der Waals surface area contributed by atoms with E-state index in [0.29, 0.717) is 35.4 Å². The first kappa shape index (κ1) is 20.6. The molecule has 5 aromatic rings. The third kappa shape index (κ3) is 4.50. The second-order valence-corrected chi connectivity index (χ2v) is 7.68. The van der Waals surface area contributed by atoms with Crippen LogP contribution in [0.4, 0.5) is 4.39 Å². The maximum Gasteiger partial charge on any atom is 0.261 e. The summed E-state index contributed by atoms with van der Waals surface area (Å²) in [5.41, 5.74) is 3.01. The van der Waals surface area contributed by atoms with Gasteiger partial charge in [-0.15, -0.1) is 0 Å². The molecule has 3 heterocycles. The predicted molar refractivity (Wildman–Crippen MR) is 123 cm³/mol. The van der Waals surface area contributed by atoms with E-state index in [4.69, 9.17) is 4.74 Å². The van der Waals surface area contributed by atoms with Crippen LogP contribution in [0, 0.1) is 5.82 Å². The molecule has 5 rings (SSSR count). The SMILES string of the molecule is Cn1cc(-c2cc(Oc3ccc4ncn(CCc5ccc(F)cc5)c(=O)c4c3)ccn2)cn1. The van der Waals surface area contributed by atoms with Gasteiger partial charge >= 0.3 is 0 Å². The van der Waals surface area contributed by atoms with Crippen LogP contribution >= 0.6 is 0 Å². The zero-order valence-electron chi connectivity index (χ0n) is 17.9. The van der Waals surface area contributed by atoms with Gasteiger partial charge in [0.15, 0.2) is 0 Å². The van der Waals surface area contributed by atoms with Crippen molar-refractivity contribution in [2.75, 3.05) is 0 Å². The summed E-state index contributed by atoms with van der Waals surface area (Å²) >= 11 is 0. The molecule has 0 unspecified atom stereocenters. The average Bonchev–Trinajstić information content (AvgIpc) is 3.27. The fourth-order valence-corrected chi connectivity index (χ4v) is 3.58. The lowest BCUT2D eigenvalue weighted by molar-refractivity contribution is 0.483. The van der Waals surface area contributed by atoms with Gasteiger partial charge in [0.25, 0.3) is 5.56 Å². The maximum atomic E-state index is 13.1. The van der Waals surface area contributed by atoms with E-state index >= 15 is 0 Å². The fourth-order valence-electron chi connectivity index (χ4n) is 3.58. The second-order valence-electron chi connectivity index (χ2n) is 7.68. The Morgan fingerprint density at radius 2 is 1.82 bits per heavy atom. The zero-order valence-corrected chi connectivity index (χ0v) is 17.9. The molecule has 0 spiro atoms. The molecular formula is C25H20FN5O2. The number of benzene rings is 2. The summed E-state index contributed by atoms with van der Waals surface area (Å²) in [5.74, 6) is 0.849. The Kier molecular flexibility index (Phi) is 5.40. The van der Waals surface area contributed by atoms with Crippen molar-refractivity contribution in [3.05, 3.63) is 101 Å². The van der Waals surface area contributed by atoms with Crippen molar-refractivity contribution in [1.82, 2.24) is 24.3 Å². The summed E-state index contributed by atoms with van der Waals surface area (Å²) in [6.07, 6.45) is 7.42. The lowest BCUT2D eigenvalue weighted by Gasteiger charge is -2.09. The number of ether oxygens (including phenoxy) is 1. The molecule has 0 aliphatic carbocycles. The van der Waals surface area contributed by atoms with Gasteiger partial charge in [-0.3, -0.25) is 19.0 Å². The first-order valence-corrected chi connectivity index (χ1v) is 10.4. The van der Waals surface area contributed by atoms with Crippen LogP contribution in [0.1, 0.15) is 5.56 Å². The summed E-state index contributed by atoms with van der Waals surface area (Å²) in [6.45, 7) is 0.442. The Morgan fingerprint density at radius 3 is 2.61 bits per heavy atom. The molecule has 0 atom stereocenters.